The standard InChI is InChI=1S/C25H33N7/c1-2-27-25(28-16-22-9-6-10-23(15-22)18-32-20-26-19-29-32)30-24-11-13-31(14-12-24)17-21-7-4-3-5-8-21/h3-10,15,19-20,24H,2,11-14,16-18H2,1H3,(H2,27,28,30). The Hall–Kier alpha value is -3.19. The molecule has 7 heteroatoms. The van der Waals surface area contributed by atoms with E-state index in [1.807, 2.05) is 4.68 Å². The Morgan fingerprint density at radius 2 is 1.78 bits per heavy atom. The van der Waals surface area contributed by atoms with Crippen molar-refractivity contribution in [1.29, 1.82) is 0 Å². The number of aliphatic imine (C=N–C) groups is 1. The fourth-order valence-corrected chi connectivity index (χ4v) is 4.09. The molecule has 2 aromatic carbocycles. The van der Waals surface area contributed by atoms with E-state index in [1.165, 1.54) is 16.7 Å². The van der Waals surface area contributed by atoms with E-state index in [4.69, 9.17) is 4.99 Å². The van der Waals surface area contributed by atoms with Crippen molar-refractivity contribution < 1.29 is 0 Å². The molecular weight excluding hydrogens is 398 g/mol. The van der Waals surface area contributed by atoms with Crippen LogP contribution in [-0.2, 0) is 19.6 Å². The molecule has 4 rings (SSSR count). The average molecular weight is 432 g/mol. The lowest BCUT2D eigenvalue weighted by molar-refractivity contribution is 0.198. The van der Waals surface area contributed by atoms with E-state index in [0.29, 0.717) is 12.6 Å². The molecule has 7 nitrogen and oxygen atoms in total. The van der Waals surface area contributed by atoms with Crippen LogP contribution in [0.2, 0.25) is 0 Å². The van der Waals surface area contributed by atoms with Crippen molar-refractivity contribution in [3.05, 3.63) is 83.9 Å². The molecule has 168 valence electrons. The fraction of sp³-hybridized carbons (Fsp3) is 0.400. The van der Waals surface area contributed by atoms with Crippen molar-refractivity contribution in [2.45, 2.75) is 45.4 Å². The molecule has 1 aromatic heterocycles. The lowest BCUT2D eigenvalue weighted by Gasteiger charge is -2.33. The fourth-order valence-electron chi connectivity index (χ4n) is 4.09. The summed E-state index contributed by atoms with van der Waals surface area (Å²) < 4.78 is 1.83. The number of guanidine groups is 1. The second-order valence-corrected chi connectivity index (χ2v) is 8.29. The van der Waals surface area contributed by atoms with Crippen molar-refractivity contribution in [3.63, 3.8) is 0 Å². The van der Waals surface area contributed by atoms with Gasteiger partial charge in [-0.2, -0.15) is 5.10 Å². The summed E-state index contributed by atoms with van der Waals surface area (Å²) in [5, 5.41) is 11.2. The predicted molar refractivity (Wildman–Crippen MR) is 128 cm³/mol. The second-order valence-electron chi connectivity index (χ2n) is 8.29. The van der Waals surface area contributed by atoms with Crippen LogP contribution in [0.15, 0.2) is 72.2 Å². The second kappa shape index (κ2) is 11.4. The number of likely N-dealkylation sites (tertiary alicyclic amines) is 1. The summed E-state index contributed by atoms with van der Waals surface area (Å²) in [6.07, 6.45) is 5.56. The topological polar surface area (TPSA) is 70.4 Å². The molecule has 1 saturated heterocycles. The number of benzene rings is 2. The molecule has 0 saturated carbocycles. The minimum atomic E-state index is 0.457. The third-order valence-corrected chi connectivity index (χ3v) is 5.74. The summed E-state index contributed by atoms with van der Waals surface area (Å²) in [7, 11) is 0. The van der Waals surface area contributed by atoms with Crippen LogP contribution in [0.4, 0.5) is 0 Å². The summed E-state index contributed by atoms with van der Waals surface area (Å²) in [4.78, 5) is 11.4. The lowest BCUT2D eigenvalue weighted by Crippen LogP contribution is -2.48. The molecular formula is C25H33N7. The van der Waals surface area contributed by atoms with E-state index in [9.17, 15) is 0 Å². The molecule has 0 spiro atoms. The van der Waals surface area contributed by atoms with Gasteiger partial charge >= 0.3 is 0 Å². The van der Waals surface area contributed by atoms with Gasteiger partial charge in [-0.3, -0.25) is 4.90 Å². The maximum atomic E-state index is 4.85. The normalized spacial score (nSPS) is 15.6. The maximum Gasteiger partial charge on any atom is 0.191 e. The van der Waals surface area contributed by atoms with Crippen LogP contribution in [0.5, 0.6) is 0 Å². The van der Waals surface area contributed by atoms with E-state index in [1.54, 1.807) is 12.7 Å². The molecule has 1 aliphatic rings. The molecule has 0 amide bonds. The van der Waals surface area contributed by atoms with Crippen LogP contribution in [0.3, 0.4) is 0 Å². The number of nitrogens with zero attached hydrogens (tertiary/aromatic N) is 5. The van der Waals surface area contributed by atoms with Gasteiger partial charge in [0.15, 0.2) is 5.96 Å². The monoisotopic (exact) mass is 431 g/mol. The van der Waals surface area contributed by atoms with Crippen LogP contribution in [0, 0.1) is 0 Å². The summed E-state index contributed by atoms with van der Waals surface area (Å²) in [5.74, 6) is 0.899. The van der Waals surface area contributed by atoms with Crippen LogP contribution < -0.4 is 10.6 Å². The summed E-state index contributed by atoms with van der Waals surface area (Å²) in [6.45, 7) is 7.58. The molecule has 0 bridgehead atoms. The Morgan fingerprint density at radius 3 is 2.53 bits per heavy atom. The maximum absolute atomic E-state index is 4.85. The molecule has 2 heterocycles. The molecule has 0 aliphatic carbocycles. The smallest absolute Gasteiger partial charge is 0.191 e. The van der Waals surface area contributed by atoms with Crippen LogP contribution in [-0.4, -0.2) is 51.3 Å². The number of hydrogen-bond acceptors (Lipinski definition) is 4. The molecule has 3 aromatic rings. The van der Waals surface area contributed by atoms with Gasteiger partial charge in [-0.1, -0.05) is 54.6 Å². The van der Waals surface area contributed by atoms with Crippen molar-refractivity contribution >= 4 is 5.96 Å². The highest BCUT2D eigenvalue weighted by Gasteiger charge is 2.20. The SMILES string of the molecule is CCNC(=NCc1cccc(Cn2cncn2)c1)NC1CCN(Cc2ccccc2)CC1. The first-order valence-electron chi connectivity index (χ1n) is 11.5. The third kappa shape index (κ3) is 6.65. The number of hydrogen-bond donors (Lipinski definition) is 2. The van der Waals surface area contributed by atoms with Crippen LogP contribution in [0.25, 0.3) is 0 Å². The molecule has 2 N–H and O–H groups in total. The molecule has 0 unspecified atom stereocenters. The minimum absolute atomic E-state index is 0.457. The van der Waals surface area contributed by atoms with Gasteiger partial charge in [-0.05, 0) is 36.5 Å². The van der Waals surface area contributed by atoms with Gasteiger partial charge in [0, 0.05) is 32.2 Å². The summed E-state index contributed by atoms with van der Waals surface area (Å²) in [5.41, 5.74) is 3.78. The van der Waals surface area contributed by atoms with E-state index in [0.717, 1.165) is 51.5 Å². The Morgan fingerprint density at radius 1 is 1.00 bits per heavy atom. The zero-order valence-corrected chi connectivity index (χ0v) is 18.8. The van der Waals surface area contributed by atoms with E-state index in [-0.39, 0.29) is 0 Å². The Balaban J connectivity index is 1.29. The first-order chi connectivity index (χ1) is 15.8. The third-order valence-electron chi connectivity index (χ3n) is 5.74. The van der Waals surface area contributed by atoms with Crippen LogP contribution in [0.1, 0.15) is 36.5 Å². The highest BCUT2D eigenvalue weighted by molar-refractivity contribution is 5.80. The largest absolute Gasteiger partial charge is 0.357 e. The van der Waals surface area contributed by atoms with Gasteiger partial charge in [0.1, 0.15) is 12.7 Å². The minimum Gasteiger partial charge on any atom is -0.357 e. The first kappa shape index (κ1) is 22.0. The number of aromatic nitrogens is 3. The summed E-state index contributed by atoms with van der Waals surface area (Å²) >= 11 is 0. The van der Waals surface area contributed by atoms with Crippen molar-refractivity contribution in [3.8, 4) is 0 Å². The Kier molecular flexibility index (Phi) is 7.87. The zero-order valence-electron chi connectivity index (χ0n) is 18.8. The van der Waals surface area contributed by atoms with E-state index >= 15 is 0 Å². The van der Waals surface area contributed by atoms with Crippen molar-refractivity contribution in [2.75, 3.05) is 19.6 Å². The first-order valence-corrected chi connectivity index (χ1v) is 11.5. The van der Waals surface area contributed by atoms with Crippen molar-refractivity contribution in [1.82, 2.24) is 30.3 Å². The molecule has 0 radical (unpaired) electrons. The average Bonchev–Trinajstić information content (AvgIpc) is 3.33. The predicted octanol–water partition coefficient (Wildman–Crippen LogP) is 3.05. The summed E-state index contributed by atoms with van der Waals surface area (Å²) in [6, 6.07) is 19.7. The van der Waals surface area contributed by atoms with Crippen LogP contribution >= 0.6 is 0 Å². The van der Waals surface area contributed by atoms with Gasteiger partial charge in [0.2, 0.25) is 0 Å². The zero-order chi connectivity index (χ0) is 22.0. The van der Waals surface area contributed by atoms with Gasteiger partial charge in [-0.25, -0.2) is 14.7 Å². The molecule has 32 heavy (non-hydrogen) atoms. The highest BCUT2D eigenvalue weighted by Crippen LogP contribution is 2.14. The molecule has 1 fully saturated rings. The quantitative estimate of drug-likeness (QED) is 0.424. The van der Waals surface area contributed by atoms with Gasteiger partial charge in [0.25, 0.3) is 0 Å². The molecule has 1 aliphatic heterocycles. The number of rotatable bonds is 8. The Labute approximate surface area is 190 Å². The lowest BCUT2D eigenvalue weighted by atomic mass is 10.0. The van der Waals surface area contributed by atoms with Gasteiger partial charge < -0.3 is 10.6 Å². The van der Waals surface area contributed by atoms with Gasteiger partial charge in [0.05, 0.1) is 13.1 Å². The highest BCUT2D eigenvalue weighted by atomic mass is 15.3. The van der Waals surface area contributed by atoms with Gasteiger partial charge in [-0.15, -0.1) is 0 Å². The van der Waals surface area contributed by atoms with E-state index in [2.05, 4.69) is 87.1 Å². The van der Waals surface area contributed by atoms with Crippen molar-refractivity contribution in [2.24, 2.45) is 4.99 Å². The number of piperidine rings is 1. The molecule has 0 atom stereocenters. The Bertz CT molecular complexity index is 961. The number of nitrogens with one attached hydrogen (secondary N) is 2. The van der Waals surface area contributed by atoms with E-state index < -0.39 is 0 Å².